The summed E-state index contributed by atoms with van der Waals surface area (Å²) in [6, 6.07) is 7.77. The Hall–Kier alpha value is -2.24. The van der Waals surface area contributed by atoms with E-state index >= 15 is 0 Å². The van der Waals surface area contributed by atoms with Crippen LogP contribution in [0.15, 0.2) is 35.8 Å². The van der Waals surface area contributed by atoms with E-state index in [1.807, 2.05) is 5.38 Å². The molecule has 25 heavy (non-hydrogen) atoms. The van der Waals surface area contributed by atoms with Crippen molar-refractivity contribution in [1.29, 1.82) is 0 Å². The maximum absolute atomic E-state index is 12.2. The second-order valence-electron chi connectivity index (χ2n) is 6.00. The quantitative estimate of drug-likeness (QED) is 0.659. The van der Waals surface area contributed by atoms with Crippen molar-refractivity contribution in [3.8, 4) is 11.3 Å². The summed E-state index contributed by atoms with van der Waals surface area (Å²) in [6.07, 6.45) is 1.84. The largest absolute Gasteiger partial charge is 0.302 e. The van der Waals surface area contributed by atoms with Crippen LogP contribution in [0.1, 0.15) is 22.3 Å². The predicted octanol–water partition coefficient (Wildman–Crippen LogP) is 4.96. The van der Waals surface area contributed by atoms with Crippen molar-refractivity contribution in [1.82, 2.24) is 9.97 Å². The molecule has 0 unspecified atom stereocenters. The summed E-state index contributed by atoms with van der Waals surface area (Å²) >= 11 is 7.18. The number of carbonyl (C=O) groups is 1. The molecule has 0 fully saturated rings. The fourth-order valence-corrected chi connectivity index (χ4v) is 3.39. The van der Waals surface area contributed by atoms with Crippen LogP contribution in [0.3, 0.4) is 0 Å². The van der Waals surface area contributed by atoms with Crippen molar-refractivity contribution in [2.75, 3.05) is 5.32 Å². The molecule has 4 nitrogen and oxygen atoms in total. The van der Waals surface area contributed by atoms with Crippen LogP contribution in [0.5, 0.6) is 0 Å². The van der Waals surface area contributed by atoms with E-state index in [0.717, 1.165) is 16.8 Å². The number of nitrogens with zero attached hydrogens (tertiary/aromatic N) is 2. The zero-order valence-corrected chi connectivity index (χ0v) is 15.8. The molecule has 1 aromatic carbocycles. The number of aryl methyl sites for hydroxylation is 3. The first-order chi connectivity index (χ1) is 11.9. The van der Waals surface area contributed by atoms with Gasteiger partial charge in [-0.15, -0.1) is 11.3 Å². The second-order valence-corrected chi connectivity index (χ2v) is 7.25. The summed E-state index contributed by atoms with van der Waals surface area (Å²) in [7, 11) is 0. The average Bonchev–Trinajstić information content (AvgIpc) is 3.01. The minimum Gasteiger partial charge on any atom is -0.302 e. The highest BCUT2D eigenvalue weighted by Gasteiger charge is 2.11. The molecule has 2 heterocycles. The lowest BCUT2D eigenvalue weighted by atomic mass is 9.99. The topological polar surface area (TPSA) is 54.9 Å². The fraction of sp³-hybridized carbons (Fsp3) is 0.211. The first-order valence-electron chi connectivity index (χ1n) is 7.86. The van der Waals surface area contributed by atoms with E-state index in [-0.39, 0.29) is 12.3 Å². The Morgan fingerprint density at radius 3 is 2.64 bits per heavy atom. The van der Waals surface area contributed by atoms with Crippen molar-refractivity contribution in [3.05, 3.63) is 63.2 Å². The Balaban J connectivity index is 1.72. The highest BCUT2D eigenvalue weighted by molar-refractivity contribution is 7.14. The number of pyridine rings is 1. The van der Waals surface area contributed by atoms with Crippen LogP contribution in [0, 0.1) is 20.8 Å². The van der Waals surface area contributed by atoms with Gasteiger partial charge in [0.25, 0.3) is 0 Å². The number of thiazole rings is 1. The van der Waals surface area contributed by atoms with Crippen LogP contribution in [0.2, 0.25) is 5.15 Å². The zero-order valence-electron chi connectivity index (χ0n) is 14.3. The van der Waals surface area contributed by atoms with Crippen molar-refractivity contribution in [2.45, 2.75) is 27.2 Å². The van der Waals surface area contributed by atoms with Crippen molar-refractivity contribution < 1.29 is 4.79 Å². The molecule has 2 aromatic heterocycles. The van der Waals surface area contributed by atoms with Crippen molar-refractivity contribution >= 4 is 34.0 Å². The average molecular weight is 372 g/mol. The minimum absolute atomic E-state index is 0.123. The van der Waals surface area contributed by atoms with Crippen LogP contribution < -0.4 is 5.32 Å². The van der Waals surface area contributed by atoms with Gasteiger partial charge in [0.2, 0.25) is 5.91 Å². The summed E-state index contributed by atoms with van der Waals surface area (Å²) in [5.74, 6) is -0.123. The first kappa shape index (κ1) is 17.6. The molecular formula is C19H18ClN3OS. The molecular weight excluding hydrogens is 354 g/mol. The monoisotopic (exact) mass is 371 g/mol. The third kappa shape index (κ3) is 4.24. The van der Waals surface area contributed by atoms with E-state index in [1.54, 1.807) is 18.3 Å². The van der Waals surface area contributed by atoms with Crippen molar-refractivity contribution in [3.63, 3.8) is 0 Å². The maximum Gasteiger partial charge on any atom is 0.230 e. The van der Waals surface area contributed by atoms with Gasteiger partial charge in [-0.25, -0.2) is 9.97 Å². The van der Waals surface area contributed by atoms with Gasteiger partial charge in [0, 0.05) is 17.1 Å². The number of rotatable bonds is 4. The first-order valence-corrected chi connectivity index (χ1v) is 9.12. The van der Waals surface area contributed by atoms with Crippen LogP contribution in [-0.4, -0.2) is 15.9 Å². The second kappa shape index (κ2) is 7.33. The number of carbonyl (C=O) groups excluding carboxylic acids is 1. The smallest absolute Gasteiger partial charge is 0.230 e. The highest BCUT2D eigenvalue weighted by atomic mass is 35.5. The van der Waals surface area contributed by atoms with Crippen LogP contribution in [-0.2, 0) is 11.2 Å². The molecule has 0 saturated heterocycles. The minimum atomic E-state index is -0.123. The third-order valence-electron chi connectivity index (χ3n) is 4.02. The zero-order chi connectivity index (χ0) is 18.0. The van der Waals surface area contributed by atoms with E-state index < -0.39 is 0 Å². The lowest BCUT2D eigenvalue weighted by molar-refractivity contribution is -0.115. The molecule has 0 spiro atoms. The summed E-state index contributed by atoms with van der Waals surface area (Å²) in [5, 5.41) is 5.83. The van der Waals surface area contributed by atoms with Gasteiger partial charge in [0.05, 0.1) is 12.1 Å². The number of hydrogen-bond donors (Lipinski definition) is 1. The molecule has 128 valence electrons. The number of halogens is 1. The summed E-state index contributed by atoms with van der Waals surface area (Å²) in [5.41, 5.74) is 6.47. The number of nitrogens with one attached hydrogen (secondary N) is 1. The van der Waals surface area contributed by atoms with E-state index in [4.69, 9.17) is 11.6 Å². The van der Waals surface area contributed by atoms with Crippen LogP contribution in [0.4, 0.5) is 5.13 Å². The Labute approximate surface area is 155 Å². The molecule has 0 bridgehead atoms. The van der Waals surface area contributed by atoms with Gasteiger partial charge >= 0.3 is 0 Å². The highest BCUT2D eigenvalue weighted by Crippen LogP contribution is 2.29. The summed E-state index contributed by atoms with van der Waals surface area (Å²) in [4.78, 5) is 20.7. The van der Waals surface area contributed by atoms with Crippen LogP contribution in [0.25, 0.3) is 11.3 Å². The fourth-order valence-electron chi connectivity index (χ4n) is 2.55. The molecule has 1 amide bonds. The van der Waals surface area contributed by atoms with Gasteiger partial charge in [-0.3, -0.25) is 4.79 Å². The van der Waals surface area contributed by atoms with E-state index in [9.17, 15) is 4.79 Å². The van der Waals surface area contributed by atoms with Gasteiger partial charge in [-0.1, -0.05) is 23.7 Å². The normalized spacial score (nSPS) is 10.7. The molecule has 0 saturated carbocycles. The molecule has 0 aliphatic carbocycles. The predicted molar refractivity (Wildman–Crippen MR) is 103 cm³/mol. The number of hydrogen-bond acceptors (Lipinski definition) is 4. The summed E-state index contributed by atoms with van der Waals surface area (Å²) < 4.78 is 0. The molecule has 3 aromatic rings. The van der Waals surface area contributed by atoms with E-state index in [0.29, 0.717) is 10.3 Å². The molecule has 6 heteroatoms. The summed E-state index contributed by atoms with van der Waals surface area (Å²) in [6.45, 7) is 6.27. The van der Waals surface area contributed by atoms with Gasteiger partial charge in [0.15, 0.2) is 5.13 Å². The number of amides is 1. The standard InChI is InChI=1S/C19H18ClN3OS/c1-11-6-13(3)15(7-12(11)2)16-10-25-19(22-16)23-18(24)8-14-4-5-17(20)21-9-14/h4-7,9-10H,8H2,1-3H3,(H,22,23,24). The molecule has 0 radical (unpaired) electrons. The van der Waals surface area contributed by atoms with E-state index in [1.165, 1.54) is 28.0 Å². The molecule has 0 aliphatic heterocycles. The van der Waals surface area contributed by atoms with Gasteiger partial charge < -0.3 is 5.32 Å². The Kier molecular flexibility index (Phi) is 5.16. The van der Waals surface area contributed by atoms with Gasteiger partial charge in [0.1, 0.15) is 5.15 Å². The van der Waals surface area contributed by atoms with Crippen molar-refractivity contribution in [2.24, 2.45) is 0 Å². The Bertz CT molecular complexity index is 919. The molecule has 3 rings (SSSR count). The molecule has 0 atom stereocenters. The van der Waals surface area contributed by atoms with Gasteiger partial charge in [-0.05, 0) is 55.2 Å². The number of anilines is 1. The molecule has 1 N–H and O–H groups in total. The lowest BCUT2D eigenvalue weighted by Crippen LogP contribution is -2.14. The Morgan fingerprint density at radius 1 is 1.16 bits per heavy atom. The SMILES string of the molecule is Cc1cc(C)c(-c2csc(NC(=O)Cc3ccc(Cl)nc3)n2)cc1C. The Morgan fingerprint density at radius 2 is 1.92 bits per heavy atom. The van der Waals surface area contributed by atoms with Crippen LogP contribution >= 0.6 is 22.9 Å². The number of aromatic nitrogens is 2. The lowest BCUT2D eigenvalue weighted by Gasteiger charge is -2.07. The third-order valence-corrected chi connectivity index (χ3v) is 5.00. The van der Waals surface area contributed by atoms with E-state index in [2.05, 4.69) is 48.2 Å². The molecule has 0 aliphatic rings. The number of benzene rings is 1. The maximum atomic E-state index is 12.2. The van der Waals surface area contributed by atoms with Gasteiger partial charge in [-0.2, -0.15) is 0 Å².